The number of anilines is 1. The summed E-state index contributed by atoms with van der Waals surface area (Å²) in [7, 11) is 3.42. The molecule has 20 heteroatoms. The number of aliphatic hydroxyl groups excluding tert-OH is 2. The first-order chi connectivity index (χ1) is 35.9. The van der Waals surface area contributed by atoms with Crippen LogP contribution in [-0.2, 0) is 38.1 Å². The highest BCUT2D eigenvalue weighted by Crippen LogP contribution is 2.55. The molecule has 5 bridgehead atoms. The van der Waals surface area contributed by atoms with Crippen LogP contribution in [0, 0.1) is 30.6 Å². The van der Waals surface area contributed by atoms with Crippen LogP contribution < -0.4 is 15.8 Å². The number of hydrazone groups is 1. The van der Waals surface area contributed by atoms with Gasteiger partial charge in [-0.15, -0.1) is 0 Å². The minimum Gasteiger partial charge on any atom is -0.507 e. The van der Waals surface area contributed by atoms with E-state index in [0.29, 0.717) is 25.9 Å². The number of benzene rings is 2. The third-order valence-electron chi connectivity index (χ3n) is 14.5. The lowest BCUT2D eigenvalue weighted by molar-refractivity contribution is -0.169. The van der Waals surface area contributed by atoms with Crippen LogP contribution in [0.5, 0.6) is 23.0 Å². The summed E-state index contributed by atoms with van der Waals surface area (Å²) in [6.07, 6.45) is 14.4. The van der Waals surface area contributed by atoms with Gasteiger partial charge in [0.25, 0.3) is 11.7 Å². The number of fused-ring (bicyclic) bond motifs is 14. The molecule has 2 unspecified atom stereocenters. The van der Waals surface area contributed by atoms with E-state index < -0.39 is 107 Å². The smallest absolute Gasteiger partial charge is 0.312 e. The number of nitrogens with one attached hydrogen (secondary N) is 1. The number of likely N-dealkylation sites (N-methyl/N-ethyl adjacent to an activating group) is 1. The molecule has 2 fully saturated rings. The van der Waals surface area contributed by atoms with Crippen molar-refractivity contribution in [3.8, 4) is 23.0 Å². The summed E-state index contributed by atoms with van der Waals surface area (Å²) < 4.78 is 28.7. The monoisotopic (exact) mass is 1060 g/mol. The van der Waals surface area contributed by atoms with Crippen LogP contribution in [-0.4, -0.2) is 154 Å². The fraction of sp³-hybridized carbons (Fsp3) is 0.536. The molecule has 0 saturated carbocycles. The summed E-state index contributed by atoms with van der Waals surface area (Å²) in [5, 5.41) is 66.8. The van der Waals surface area contributed by atoms with E-state index >= 15 is 0 Å². The number of Topliss-reactive ketones (excluding diaryl/α,β-unsaturated/α-hetero) is 2. The van der Waals surface area contributed by atoms with E-state index in [1.807, 2.05) is 38.3 Å². The molecule has 5 aliphatic heterocycles. The number of rotatable bonds is 11. The summed E-state index contributed by atoms with van der Waals surface area (Å²) in [4.78, 5) is 64.9. The highest BCUT2D eigenvalue weighted by Gasteiger charge is 2.50. The third-order valence-corrected chi connectivity index (χ3v) is 14.5. The first-order valence-electron chi connectivity index (χ1n) is 25.7. The molecule has 0 spiro atoms. The number of phenols is 3. The number of amides is 2. The fourth-order valence-electron chi connectivity index (χ4n) is 9.51. The minimum absolute atomic E-state index is 0.0539. The van der Waals surface area contributed by atoms with Crippen molar-refractivity contribution in [2.75, 3.05) is 45.7 Å². The van der Waals surface area contributed by atoms with Crippen LogP contribution in [0.15, 0.2) is 65.5 Å². The van der Waals surface area contributed by atoms with Crippen molar-refractivity contribution >= 4 is 52.0 Å². The van der Waals surface area contributed by atoms with Gasteiger partial charge in [-0.3, -0.25) is 29.0 Å². The zero-order valence-corrected chi connectivity index (χ0v) is 45.4. The molecule has 0 aliphatic carbocycles. The number of ketones is 2. The van der Waals surface area contributed by atoms with E-state index in [1.54, 1.807) is 44.9 Å². The lowest BCUT2D eigenvalue weighted by Gasteiger charge is -2.38. The topological polar surface area (TPSA) is 290 Å². The van der Waals surface area contributed by atoms with Crippen LogP contribution in [0.3, 0.4) is 0 Å². The van der Waals surface area contributed by atoms with E-state index in [1.165, 1.54) is 59.4 Å². The maximum Gasteiger partial charge on any atom is 0.312 e. The van der Waals surface area contributed by atoms with Gasteiger partial charge in [0.05, 0.1) is 53.0 Å². The molecule has 416 valence electrons. The van der Waals surface area contributed by atoms with E-state index in [0.717, 1.165) is 25.9 Å². The van der Waals surface area contributed by atoms with Crippen LogP contribution in [0.1, 0.15) is 103 Å². The molecule has 5 heterocycles. The number of aromatic hydroxyl groups is 3. The predicted molar refractivity (Wildman–Crippen MR) is 286 cm³/mol. The van der Waals surface area contributed by atoms with Gasteiger partial charge in [0.2, 0.25) is 5.91 Å². The van der Waals surface area contributed by atoms with Gasteiger partial charge in [-0.1, -0.05) is 70.2 Å². The van der Waals surface area contributed by atoms with Crippen LogP contribution in [0.2, 0.25) is 0 Å². The lowest BCUT2D eigenvalue weighted by atomic mass is 9.78. The number of carbonyl (C=O) groups excluding carboxylic acids is 5. The minimum atomic E-state index is -2.04. The molecule has 0 radical (unpaired) electrons. The molecule has 7 rings (SSSR count). The van der Waals surface area contributed by atoms with Gasteiger partial charge >= 0.3 is 11.8 Å². The summed E-state index contributed by atoms with van der Waals surface area (Å²) in [5.74, 6) is -8.77. The van der Waals surface area contributed by atoms with Crippen molar-refractivity contribution in [1.82, 2.24) is 9.91 Å². The quantitative estimate of drug-likeness (QED) is 0.0458. The number of phenolic OH excluding ortho intramolecular Hbond substituents is 3. The molecular formula is C56H77N5O15. The van der Waals surface area contributed by atoms with E-state index in [4.69, 9.17) is 29.4 Å². The summed E-state index contributed by atoms with van der Waals surface area (Å²) in [5.41, 5.74) is 4.69. The second-order valence-corrected chi connectivity index (χ2v) is 20.2. The largest absolute Gasteiger partial charge is 0.507 e. The Bertz CT molecular complexity index is 2650. The number of allylic oxidation sites excluding steroid dienone is 6. The van der Waals surface area contributed by atoms with Gasteiger partial charge in [0.15, 0.2) is 11.5 Å². The maximum absolute atomic E-state index is 14.4. The van der Waals surface area contributed by atoms with Crippen molar-refractivity contribution in [2.24, 2.45) is 34.5 Å². The average Bonchev–Trinajstić information content (AvgIpc) is 3.63. The highest BCUT2D eigenvalue weighted by atomic mass is 16.7. The Labute approximate surface area is 444 Å². The van der Waals surface area contributed by atoms with E-state index in [-0.39, 0.29) is 50.3 Å². The summed E-state index contributed by atoms with van der Waals surface area (Å²) >= 11 is 0. The molecule has 2 aromatic carbocycles. The predicted octanol–water partition coefficient (Wildman–Crippen LogP) is 5.84. The number of aliphatic hydroxyl groups is 2. The van der Waals surface area contributed by atoms with Crippen molar-refractivity contribution in [2.45, 2.75) is 130 Å². The number of ether oxygens (including phenoxy) is 5. The number of nitrogens with two attached hydrogens (primary N) is 1. The molecule has 0 aromatic heterocycles. The van der Waals surface area contributed by atoms with Gasteiger partial charge in [-0.2, -0.15) is 5.10 Å². The number of carbonyl (C=O) groups is 5. The Hall–Kier alpha value is -6.58. The van der Waals surface area contributed by atoms with Gasteiger partial charge < -0.3 is 65.2 Å². The van der Waals surface area contributed by atoms with Crippen molar-refractivity contribution < 1.29 is 73.2 Å². The Morgan fingerprint density at radius 3 is 2.21 bits per heavy atom. The zero-order chi connectivity index (χ0) is 56.3. The van der Waals surface area contributed by atoms with Crippen LogP contribution in [0.4, 0.5) is 5.69 Å². The standard InChI is InChI=1S/C43H58N4O12.C13H19NO3/c1-21-12-11-13-22(2)42(55)45-33-28(20-44-47-17-15-46(9)16-18-47)37(52)30-31(38(33)53)36(51)26(6)40-32(30)41(54)43(8,59-40)57-19-14-29(56-10)23(3)39(58-27(7)48)25(5)35(50)24(4)34(21)49;1-2-3-4-5-6-7-8-10(15)11-9-12(17-11)13(14)16/h11-14,19-21,23-25,29,34-35,39,49-53H,15-18H2,1-10H3,(H,45,55);2-3,5-6,11-12H,4,7-9H2,1H3,(H2,14,16)/b12-11+,19-14+,22-13-,44-20-;3-2+,6-5+/t21-,23-,24-,25-,29+,34+,35+,39-,43+;/m1./s1. The van der Waals surface area contributed by atoms with Crippen molar-refractivity contribution in [3.63, 3.8) is 0 Å². The molecule has 11 atom stereocenters. The number of hydrogen-bond donors (Lipinski definition) is 7. The zero-order valence-electron chi connectivity index (χ0n) is 45.4. The fourth-order valence-corrected chi connectivity index (χ4v) is 9.51. The average molecular weight is 1060 g/mol. The summed E-state index contributed by atoms with van der Waals surface area (Å²) in [6, 6.07) is 0. The van der Waals surface area contributed by atoms with Crippen LogP contribution in [0.25, 0.3) is 10.8 Å². The first kappa shape index (κ1) is 60.3. The Balaban J connectivity index is 0.000000533. The van der Waals surface area contributed by atoms with Gasteiger partial charge in [0, 0.05) is 100 Å². The van der Waals surface area contributed by atoms with Gasteiger partial charge in [0.1, 0.15) is 35.6 Å². The Morgan fingerprint density at radius 1 is 0.921 bits per heavy atom. The molecular weight excluding hydrogens is 983 g/mol. The lowest BCUT2D eigenvalue weighted by Crippen LogP contribution is -2.49. The second-order valence-electron chi connectivity index (χ2n) is 20.2. The van der Waals surface area contributed by atoms with Crippen molar-refractivity contribution in [3.05, 3.63) is 77.1 Å². The maximum atomic E-state index is 14.4. The molecule has 5 aliphatic rings. The number of nitrogens with zero attached hydrogens (tertiary/aromatic N) is 3. The Kier molecular flexibility index (Phi) is 21.0. The van der Waals surface area contributed by atoms with Gasteiger partial charge in [-0.25, -0.2) is 0 Å². The van der Waals surface area contributed by atoms with E-state index in [9.17, 15) is 49.5 Å². The van der Waals surface area contributed by atoms with Gasteiger partial charge in [-0.05, 0) is 46.7 Å². The normalized spacial score (nSPS) is 30.3. The molecule has 20 nitrogen and oxygen atoms in total. The second kappa shape index (κ2) is 26.5. The first-order valence-corrected chi connectivity index (χ1v) is 25.7. The van der Waals surface area contributed by atoms with Crippen LogP contribution >= 0.6 is 0 Å². The highest BCUT2D eigenvalue weighted by molar-refractivity contribution is 6.24. The SMILES string of the molecule is C/C=C/C/C=C/CCC(=O)C1CC(C(N)=O)O1.CO[C@H]1/C=C/O[C@@]2(C)Oc3c(C)c(O)c4c(O)c(c(/C=N\N5CCN(C)CC5)c(O)c4c3C2=O)NC(=O)/C(C)=C\C=C\[C@@H](C)[C@H](O)[C@@H](C)[C@H](O)[C@@H](C)[C@H](OC(C)=O)[C@@H]1C. The van der Waals surface area contributed by atoms with Crippen molar-refractivity contribution in [1.29, 1.82) is 0 Å². The number of primary amides is 1. The number of methoxy groups -OCH3 is 1. The molecule has 2 aromatic rings. The molecule has 2 saturated heterocycles. The number of piperazine rings is 1. The van der Waals surface area contributed by atoms with E-state index in [2.05, 4.69) is 15.3 Å². The Morgan fingerprint density at radius 2 is 1.59 bits per heavy atom. The molecule has 76 heavy (non-hydrogen) atoms. The summed E-state index contributed by atoms with van der Waals surface area (Å²) in [6.45, 7) is 17.1. The number of hydrogen-bond acceptors (Lipinski definition) is 18. The molecule has 2 amide bonds. The molecule has 8 N–H and O–H groups in total. The third kappa shape index (κ3) is 13.9. The number of esters is 1.